The predicted octanol–water partition coefficient (Wildman–Crippen LogP) is 2.16. The molecule has 0 saturated heterocycles. The molecule has 0 aliphatic heterocycles. The smallest absolute Gasteiger partial charge is 0.223 e. The monoisotopic (exact) mass is 305 g/mol. The van der Waals surface area contributed by atoms with E-state index in [1.807, 2.05) is 24.4 Å². The van der Waals surface area contributed by atoms with Crippen LogP contribution in [-0.2, 0) is 11.2 Å². The van der Waals surface area contributed by atoms with Gasteiger partial charge < -0.3 is 15.8 Å². The van der Waals surface area contributed by atoms with Crippen LogP contribution in [0.1, 0.15) is 17.1 Å². The van der Waals surface area contributed by atoms with Crippen LogP contribution in [0.2, 0.25) is 0 Å². The summed E-state index contributed by atoms with van der Waals surface area (Å²) in [5, 5.41) is 5.93. The molecule has 5 nitrogen and oxygen atoms in total. The normalized spacial score (nSPS) is 10.3. The number of anilines is 1. The minimum Gasteiger partial charge on any atom is -0.493 e. The van der Waals surface area contributed by atoms with Crippen LogP contribution in [0.5, 0.6) is 5.75 Å². The highest BCUT2D eigenvalue weighted by atomic mass is 32.1. The summed E-state index contributed by atoms with van der Waals surface area (Å²) in [6.07, 6.45) is 1.08. The van der Waals surface area contributed by atoms with E-state index in [4.69, 9.17) is 10.5 Å². The molecule has 2 rings (SSSR count). The number of nitrogens with zero attached hydrogens (tertiary/aromatic N) is 1. The topological polar surface area (TPSA) is 77.2 Å². The van der Waals surface area contributed by atoms with Crippen molar-refractivity contribution >= 4 is 22.9 Å². The highest BCUT2D eigenvalue weighted by molar-refractivity contribution is 7.09. The second kappa shape index (κ2) is 7.64. The third-order valence-corrected chi connectivity index (χ3v) is 3.65. The van der Waals surface area contributed by atoms with Gasteiger partial charge >= 0.3 is 0 Å². The van der Waals surface area contributed by atoms with E-state index in [-0.39, 0.29) is 5.91 Å². The van der Waals surface area contributed by atoms with Crippen molar-refractivity contribution in [2.45, 2.75) is 19.8 Å². The summed E-state index contributed by atoms with van der Waals surface area (Å²) >= 11 is 1.62. The summed E-state index contributed by atoms with van der Waals surface area (Å²) in [5.74, 6) is 0.659. The summed E-state index contributed by atoms with van der Waals surface area (Å²) in [6.45, 7) is 2.91. The van der Waals surface area contributed by atoms with Crippen LogP contribution in [0.25, 0.3) is 0 Å². The Hall–Kier alpha value is -2.08. The number of rotatable bonds is 7. The van der Waals surface area contributed by atoms with Crippen LogP contribution in [0, 0.1) is 6.92 Å². The van der Waals surface area contributed by atoms with Crippen molar-refractivity contribution in [2.24, 2.45) is 0 Å². The molecule has 0 atom stereocenters. The fourth-order valence-corrected chi connectivity index (χ4v) is 2.45. The van der Waals surface area contributed by atoms with Gasteiger partial charge in [-0.3, -0.25) is 4.79 Å². The third-order valence-electron chi connectivity index (χ3n) is 2.83. The number of hydrogen-bond donors (Lipinski definition) is 2. The van der Waals surface area contributed by atoms with Gasteiger partial charge in [-0.1, -0.05) is 6.07 Å². The molecule has 6 heteroatoms. The van der Waals surface area contributed by atoms with Crippen LogP contribution in [0.3, 0.4) is 0 Å². The first-order chi connectivity index (χ1) is 10.1. The molecule has 0 radical (unpaired) electrons. The first-order valence-corrected chi connectivity index (χ1v) is 7.67. The molecule has 0 unspecified atom stereocenters. The molecule has 1 aromatic carbocycles. The van der Waals surface area contributed by atoms with Crippen LogP contribution in [0.4, 0.5) is 5.69 Å². The van der Waals surface area contributed by atoms with Gasteiger partial charge in [0.15, 0.2) is 0 Å². The zero-order valence-electron chi connectivity index (χ0n) is 12.0. The first-order valence-electron chi connectivity index (χ1n) is 6.79. The molecule has 112 valence electrons. The average Bonchev–Trinajstić information content (AvgIpc) is 2.84. The number of aryl methyl sites for hydroxylation is 1. The number of nitrogens with two attached hydrogens (primary N) is 1. The largest absolute Gasteiger partial charge is 0.493 e. The Bertz CT molecular complexity index is 598. The van der Waals surface area contributed by atoms with Gasteiger partial charge in [0.2, 0.25) is 5.91 Å². The van der Waals surface area contributed by atoms with Crippen molar-refractivity contribution in [1.29, 1.82) is 0 Å². The number of ether oxygens (including phenoxy) is 1. The molecule has 1 aromatic heterocycles. The third kappa shape index (κ3) is 5.43. The highest BCUT2D eigenvalue weighted by Crippen LogP contribution is 2.14. The minimum absolute atomic E-state index is 0.0224. The minimum atomic E-state index is -0.0224. The Morgan fingerprint density at radius 3 is 3.05 bits per heavy atom. The van der Waals surface area contributed by atoms with Crippen molar-refractivity contribution in [1.82, 2.24) is 10.3 Å². The van der Waals surface area contributed by atoms with Gasteiger partial charge in [0, 0.05) is 30.1 Å². The fraction of sp³-hybridized carbons (Fsp3) is 0.333. The lowest BCUT2D eigenvalue weighted by Crippen LogP contribution is -2.27. The first kappa shape index (κ1) is 15.3. The summed E-state index contributed by atoms with van der Waals surface area (Å²) in [7, 11) is 0. The molecule has 2 aromatic rings. The van der Waals surface area contributed by atoms with Crippen LogP contribution in [0.15, 0.2) is 29.6 Å². The second-order valence-corrected chi connectivity index (χ2v) is 5.69. The molecule has 0 aliphatic carbocycles. The molecule has 1 amide bonds. The van der Waals surface area contributed by atoms with Gasteiger partial charge in [0.05, 0.1) is 23.7 Å². The van der Waals surface area contributed by atoms with E-state index in [0.29, 0.717) is 31.0 Å². The molecule has 0 aliphatic rings. The number of nitrogen functional groups attached to an aromatic ring is 1. The maximum Gasteiger partial charge on any atom is 0.223 e. The van der Waals surface area contributed by atoms with E-state index in [2.05, 4.69) is 10.3 Å². The summed E-state index contributed by atoms with van der Waals surface area (Å²) in [6, 6.07) is 7.17. The van der Waals surface area contributed by atoms with E-state index in [0.717, 1.165) is 17.1 Å². The lowest BCUT2D eigenvalue weighted by molar-refractivity contribution is -0.121. The van der Waals surface area contributed by atoms with E-state index in [1.165, 1.54) is 0 Å². The van der Waals surface area contributed by atoms with Gasteiger partial charge in [-0.15, -0.1) is 11.3 Å². The fourth-order valence-electron chi connectivity index (χ4n) is 1.81. The average molecular weight is 305 g/mol. The highest BCUT2D eigenvalue weighted by Gasteiger charge is 2.03. The molecule has 0 bridgehead atoms. The van der Waals surface area contributed by atoms with Gasteiger partial charge in [-0.2, -0.15) is 0 Å². The zero-order valence-corrected chi connectivity index (χ0v) is 12.8. The van der Waals surface area contributed by atoms with Crippen molar-refractivity contribution in [3.05, 3.63) is 40.3 Å². The predicted molar refractivity (Wildman–Crippen MR) is 84.5 cm³/mol. The number of hydrogen-bond acceptors (Lipinski definition) is 5. The number of aromatic nitrogens is 1. The van der Waals surface area contributed by atoms with E-state index >= 15 is 0 Å². The van der Waals surface area contributed by atoms with Crippen molar-refractivity contribution in [3.8, 4) is 5.75 Å². The van der Waals surface area contributed by atoms with Crippen LogP contribution in [-0.4, -0.2) is 24.0 Å². The standard InChI is InChI=1S/C15H19N3O2S/c1-11-18-13(10-21-11)5-7-17-15(19)6-8-20-14-4-2-3-12(16)9-14/h2-4,9-10H,5-8,16H2,1H3,(H,17,19). The van der Waals surface area contributed by atoms with Crippen LogP contribution < -0.4 is 15.8 Å². The Kier molecular flexibility index (Phi) is 5.57. The molecule has 1 heterocycles. The van der Waals surface area contributed by atoms with Gasteiger partial charge in [-0.25, -0.2) is 4.98 Å². The zero-order chi connectivity index (χ0) is 15.1. The SMILES string of the molecule is Cc1nc(CCNC(=O)CCOc2cccc(N)c2)cs1. The number of carbonyl (C=O) groups excluding carboxylic acids is 1. The number of nitrogens with one attached hydrogen (secondary N) is 1. The number of amides is 1. The summed E-state index contributed by atoms with van der Waals surface area (Å²) < 4.78 is 5.47. The molecule has 0 fully saturated rings. The van der Waals surface area contributed by atoms with Gasteiger partial charge in [0.1, 0.15) is 5.75 Å². The Morgan fingerprint density at radius 1 is 1.48 bits per heavy atom. The van der Waals surface area contributed by atoms with Crippen LogP contribution >= 0.6 is 11.3 Å². The summed E-state index contributed by atoms with van der Waals surface area (Å²) in [5.41, 5.74) is 7.32. The maximum absolute atomic E-state index is 11.7. The molecular formula is C15H19N3O2S. The molecule has 0 spiro atoms. The molecule has 0 saturated carbocycles. The number of benzene rings is 1. The lowest BCUT2D eigenvalue weighted by Gasteiger charge is -2.07. The van der Waals surface area contributed by atoms with E-state index in [1.54, 1.807) is 23.5 Å². The Morgan fingerprint density at radius 2 is 2.33 bits per heavy atom. The summed E-state index contributed by atoms with van der Waals surface area (Å²) in [4.78, 5) is 16.0. The molecule has 21 heavy (non-hydrogen) atoms. The van der Waals surface area contributed by atoms with E-state index < -0.39 is 0 Å². The number of carbonyl (C=O) groups is 1. The quantitative estimate of drug-likeness (QED) is 0.769. The second-order valence-electron chi connectivity index (χ2n) is 4.63. The molecular weight excluding hydrogens is 286 g/mol. The van der Waals surface area contributed by atoms with E-state index in [9.17, 15) is 4.79 Å². The van der Waals surface area contributed by atoms with Crippen molar-refractivity contribution < 1.29 is 9.53 Å². The Balaban J connectivity index is 1.61. The lowest BCUT2D eigenvalue weighted by atomic mass is 10.3. The molecule has 3 N–H and O–H groups in total. The Labute approximate surface area is 128 Å². The number of thiazole rings is 1. The van der Waals surface area contributed by atoms with Crippen molar-refractivity contribution in [2.75, 3.05) is 18.9 Å². The van der Waals surface area contributed by atoms with Crippen molar-refractivity contribution in [3.63, 3.8) is 0 Å². The van der Waals surface area contributed by atoms with Gasteiger partial charge in [-0.05, 0) is 19.1 Å². The maximum atomic E-state index is 11.7. The van der Waals surface area contributed by atoms with Gasteiger partial charge in [0.25, 0.3) is 0 Å².